The number of rotatable bonds is 6. The zero-order valence-corrected chi connectivity index (χ0v) is 14.4. The summed E-state index contributed by atoms with van der Waals surface area (Å²) in [5.74, 6) is 0.252. The van der Waals surface area contributed by atoms with Gasteiger partial charge >= 0.3 is 6.09 Å². The highest BCUT2D eigenvalue weighted by atomic mass is 35.5. The van der Waals surface area contributed by atoms with Gasteiger partial charge in [0, 0.05) is 23.6 Å². The molecule has 0 aromatic heterocycles. The lowest BCUT2D eigenvalue weighted by Gasteiger charge is -2.20. The molecule has 1 unspecified atom stereocenters. The minimum absolute atomic E-state index is 0.0617. The molecule has 5 heteroatoms. The van der Waals surface area contributed by atoms with Gasteiger partial charge in [0.15, 0.2) is 5.78 Å². The molecule has 1 amide bonds. The fourth-order valence-corrected chi connectivity index (χ4v) is 2.05. The van der Waals surface area contributed by atoms with Crippen molar-refractivity contribution in [2.75, 3.05) is 6.54 Å². The van der Waals surface area contributed by atoms with E-state index in [9.17, 15) is 9.59 Å². The van der Waals surface area contributed by atoms with Gasteiger partial charge in [0.05, 0.1) is 0 Å². The van der Waals surface area contributed by atoms with Crippen LogP contribution in [0.25, 0.3) is 0 Å². The number of hydrogen-bond donors (Lipinski definition) is 1. The highest BCUT2D eigenvalue weighted by molar-refractivity contribution is 6.31. The number of hydrogen-bond acceptors (Lipinski definition) is 3. The quantitative estimate of drug-likeness (QED) is 0.785. The molecule has 0 aliphatic rings. The highest BCUT2D eigenvalue weighted by Crippen LogP contribution is 2.15. The molecule has 0 bridgehead atoms. The van der Waals surface area contributed by atoms with Gasteiger partial charge in [-0.25, -0.2) is 4.79 Å². The Labute approximate surface area is 137 Å². The minimum Gasteiger partial charge on any atom is -0.444 e. The molecule has 0 fully saturated rings. The molecule has 0 aliphatic heterocycles. The lowest BCUT2D eigenvalue weighted by atomic mass is 10.00. The molecule has 0 heterocycles. The van der Waals surface area contributed by atoms with Crippen molar-refractivity contribution in [2.45, 2.75) is 46.1 Å². The molecule has 1 N–H and O–H groups in total. The zero-order valence-electron chi connectivity index (χ0n) is 13.6. The van der Waals surface area contributed by atoms with E-state index in [0.29, 0.717) is 30.0 Å². The summed E-state index contributed by atoms with van der Waals surface area (Å²) in [5, 5.41) is 3.28. The van der Waals surface area contributed by atoms with Gasteiger partial charge in [0.1, 0.15) is 5.60 Å². The van der Waals surface area contributed by atoms with Crippen LogP contribution in [0.4, 0.5) is 4.79 Å². The molecule has 122 valence electrons. The van der Waals surface area contributed by atoms with Crippen molar-refractivity contribution in [3.63, 3.8) is 0 Å². The number of ether oxygens (including phenoxy) is 1. The zero-order chi connectivity index (χ0) is 16.8. The maximum Gasteiger partial charge on any atom is 0.407 e. The van der Waals surface area contributed by atoms with E-state index >= 15 is 0 Å². The van der Waals surface area contributed by atoms with Crippen LogP contribution in [0.3, 0.4) is 0 Å². The first kappa shape index (κ1) is 18.5. The first-order chi connectivity index (χ1) is 10.2. The average Bonchev–Trinajstić information content (AvgIpc) is 2.40. The number of halogens is 1. The molecular weight excluding hydrogens is 302 g/mol. The molecular formula is C17H24ClNO3. The number of nitrogens with one attached hydrogen (secondary N) is 1. The third-order valence-corrected chi connectivity index (χ3v) is 3.24. The van der Waals surface area contributed by atoms with Crippen LogP contribution in [0.1, 0.15) is 50.9 Å². The van der Waals surface area contributed by atoms with E-state index in [4.69, 9.17) is 16.3 Å². The Balaban J connectivity index is 2.32. The molecule has 0 radical (unpaired) electrons. The largest absolute Gasteiger partial charge is 0.444 e. The summed E-state index contributed by atoms with van der Waals surface area (Å²) in [4.78, 5) is 23.6. The second kappa shape index (κ2) is 8.18. The van der Waals surface area contributed by atoms with E-state index in [0.717, 1.165) is 0 Å². The predicted molar refractivity (Wildman–Crippen MR) is 88.4 cm³/mol. The van der Waals surface area contributed by atoms with Crippen molar-refractivity contribution in [3.05, 3.63) is 34.9 Å². The van der Waals surface area contributed by atoms with Gasteiger partial charge in [-0.15, -0.1) is 0 Å². The van der Waals surface area contributed by atoms with E-state index in [1.807, 2.05) is 27.7 Å². The van der Waals surface area contributed by atoms with Gasteiger partial charge in [-0.05, 0) is 45.2 Å². The summed E-state index contributed by atoms with van der Waals surface area (Å²) in [5.41, 5.74) is 0.121. The molecule has 0 spiro atoms. The minimum atomic E-state index is -0.504. The van der Waals surface area contributed by atoms with Crippen LogP contribution in [0.5, 0.6) is 0 Å². The predicted octanol–water partition coefficient (Wildman–Crippen LogP) is 4.46. The lowest BCUT2D eigenvalue weighted by Crippen LogP contribution is -2.34. The van der Waals surface area contributed by atoms with E-state index in [2.05, 4.69) is 5.32 Å². The Bertz CT molecular complexity index is 523. The first-order valence-corrected chi connectivity index (χ1v) is 7.81. The van der Waals surface area contributed by atoms with Gasteiger partial charge in [-0.3, -0.25) is 4.79 Å². The Morgan fingerprint density at radius 3 is 2.59 bits per heavy atom. The van der Waals surface area contributed by atoms with Crippen LogP contribution in [0.2, 0.25) is 5.02 Å². The number of alkyl carbamates (subject to hydrolysis) is 1. The number of carbonyl (C=O) groups is 2. The fourth-order valence-electron chi connectivity index (χ4n) is 1.86. The molecule has 1 aromatic rings. The maximum atomic E-state index is 12.1. The monoisotopic (exact) mass is 325 g/mol. The van der Waals surface area contributed by atoms with Gasteiger partial charge < -0.3 is 10.1 Å². The smallest absolute Gasteiger partial charge is 0.407 e. The number of benzene rings is 1. The topological polar surface area (TPSA) is 55.4 Å². The van der Waals surface area contributed by atoms with Gasteiger partial charge in [-0.2, -0.15) is 0 Å². The van der Waals surface area contributed by atoms with Crippen molar-refractivity contribution >= 4 is 23.5 Å². The molecule has 1 atom stereocenters. The van der Waals surface area contributed by atoms with Crippen LogP contribution in [0, 0.1) is 5.92 Å². The molecule has 1 rings (SSSR count). The van der Waals surface area contributed by atoms with Crippen LogP contribution in [-0.2, 0) is 4.74 Å². The summed E-state index contributed by atoms with van der Waals surface area (Å²) in [6.07, 6.45) is 0.694. The van der Waals surface area contributed by atoms with E-state index in [-0.39, 0.29) is 11.7 Å². The van der Waals surface area contributed by atoms with Crippen LogP contribution in [-0.4, -0.2) is 24.0 Å². The van der Waals surface area contributed by atoms with E-state index < -0.39 is 11.7 Å². The maximum absolute atomic E-state index is 12.1. The van der Waals surface area contributed by atoms with Crippen LogP contribution >= 0.6 is 11.6 Å². The van der Waals surface area contributed by atoms with Crippen LogP contribution in [0.15, 0.2) is 24.3 Å². The van der Waals surface area contributed by atoms with Crippen molar-refractivity contribution in [1.82, 2.24) is 5.32 Å². The number of carbonyl (C=O) groups excluding carboxylic acids is 2. The average molecular weight is 326 g/mol. The van der Waals surface area contributed by atoms with Gasteiger partial charge in [-0.1, -0.05) is 30.7 Å². The summed E-state index contributed by atoms with van der Waals surface area (Å²) < 4.78 is 5.16. The van der Waals surface area contributed by atoms with Gasteiger partial charge in [0.25, 0.3) is 0 Å². The Morgan fingerprint density at radius 1 is 1.32 bits per heavy atom. The highest BCUT2D eigenvalue weighted by Gasteiger charge is 2.16. The number of Topliss-reactive ketones (excluding diaryl/α,β-unsaturated/α-hetero) is 1. The summed E-state index contributed by atoms with van der Waals surface area (Å²) in [6.45, 7) is 7.93. The second-order valence-corrected chi connectivity index (χ2v) is 6.90. The summed E-state index contributed by atoms with van der Waals surface area (Å²) >= 11 is 5.88. The normalized spacial score (nSPS) is 12.6. The standard InChI is InChI=1S/C17H24ClNO3/c1-12(11-19-16(21)22-17(2,3)4)8-9-15(20)13-6-5-7-14(18)10-13/h5-7,10,12H,8-9,11H2,1-4H3,(H,19,21). The molecule has 22 heavy (non-hydrogen) atoms. The SMILES string of the molecule is CC(CCC(=O)c1cccc(Cl)c1)CNC(=O)OC(C)(C)C. The Morgan fingerprint density at radius 2 is 2.00 bits per heavy atom. The molecule has 0 saturated heterocycles. The van der Waals surface area contributed by atoms with Crippen molar-refractivity contribution < 1.29 is 14.3 Å². The Hall–Kier alpha value is -1.55. The molecule has 0 aliphatic carbocycles. The third-order valence-electron chi connectivity index (χ3n) is 3.00. The van der Waals surface area contributed by atoms with Crippen LogP contribution < -0.4 is 5.32 Å². The molecule has 0 saturated carbocycles. The second-order valence-electron chi connectivity index (χ2n) is 6.46. The molecule has 1 aromatic carbocycles. The summed E-state index contributed by atoms with van der Waals surface area (Å²) in [7, 11) is 0. The van der Waals surface area contributed by atoms with E-state index in [1.54, 1.807) is 24.3 Å². The van der Waals surface area contributed by atoms with Crippen molar-refractivity contribution in [3.8, 4) is 0 Å². The Kier molecular flexibility index (Phi) is 6.88. The van der Waals surface area contributed by atoms with Crippen molar-refractivity contribution in [2.24, 2.45) is 5.92 Å². The number of ketones is 1. The number of amides is 1. The van der Waals surface area contributed by atoms with E-state index in [1.165, 1.54) is 0 Å². The third kappa shape index (κ3) is 7.46. The van der Waals surface area contributed by atoms with Gasteiger partial charge in [0.2, 0.25) is 0 Å². The summed E-state index contributed by atoms with van der Waals surface area (Å²) in [6, 6.07) is 6.94. The van der Waals surface area contributed by atoms with Crippen molar-refractivity contribution in [1.29, 1.82) is 0 Å². The molecule has 4 nitrogen and oxygen atoms in total. The fraction of sp³-hybridized carbons (Fsp3) is 0.529. The first-order valence-electron chi connectivity index (χ1n) is 7.43. The lowest BCUT2D eigenvalue weighted by molar-refractivity contribution is 0.0520.